The molecule has 1 amide bonds. The number of aryl methyl sites for hydroxylation is 1. The number of amides is 1. The van der Waals surface area contributed by atoms with Gasteiger partial charge in [-0.2, -0.15) is 0 Å². The van der Waals surface area contributed by atoms with Gasteiger partial charge in [-0.15, -0.1) is 0 Å². The summed E-state index contributed by atoms with van der Waals surface area (Å²) in [7, 11) is 0. The third kappa shape index (κ3) is 9.95. The second-order valence-electron chi connectivity index (χ2n) is 5.45. The van der Waals surface area contributed by atoms with Crippen molar-refractivity contribution in [1.29, 1.82) is 0 Å². The first-order valence-corrected chi connectivity index (χ1v) is 8.66. The lowest BCUT2D eigenvalue weighted by molar-refractivity contribution is -0.143. The van der Waals surface area contributed by atoms with E-state index in [0.717, 1.165) is 37.1 Å². The summed E-state index contributed by atoms with van der Waals surface area (Å²) in [6.45, 7) is 2.91. The SMILES string of the molecule is CCOC(=O)CCCCCNC(=O)CCCc1ccc(Cl)cc1. The molecule has 23 heavy (non-hydrogen) atoms. The highest BCUT2D eigenvalue weighted by atomic mass is 35.5. The largest absolute Gasteiger partial charge is 0.466 e. The van der Waals surface area contributed by atoms with E-state index in [0.29, 0.717) is 26.0 Å². The molecule has 1 N–H and O–H groups in total. The van der Waals surface area contributed by atoms with Crippen molar-refractivity contribution in [2.45, 2.75) is 51.9 Å². The number of halogens is 1. The molecule has 1 aromatic carbocycles. The summed E-state index contributed by atoms with van der Waals surface area (Å²) >= 11 is 5.83. The first kappa shape index (κ1) is 19.5. The Kier molecular flexibility index (Phi) is 10.1. The second kappa shape index (κ2) is 11.9. The third-order valence-electron chi connectivity index (χ3n) is 3.47. The van der Waals surface area contributed by atoms with Crippen LogP contribution in [0.4, 0.5) is 0 Å². The van der Waals surface area contributed by atoms with Crippen molar-refractivity contribution in [3.63, 3.8) is 0 Å². The van der Waals surface area contributed by atoms with Crippen molar-refractivity contribution in [2.75, 3.05) is 13.2 Å². The average molecular weight is 340 g/mol. The van der Waals surface area contributed by atoms with Crippen LogP contribution in [-0.4, -0.2) is 25.0 Å². The molecule has 1 rings (SSSR count). The summed E-state index contributed by atoms with van der Waals surface area (Å²) in [5.41, 5.74) is 1.20. The molecule has 0 unspecified atom stereocenters. The topological polar surface area (TPSA) is 55.4 Å². The molecule has 0 heterocycles. The molecule has 4 nitrogen and oxygen atoms in total. The van der Waals surface area contributed by atoms with E-state index in [1.54, 1.807) is 6.92 Å². The fourth-order valence-corrected chi connectivity index (χ4v) is 2.35. The number of rotatable bonds is 11. The van der Waals surface area contributed by atoms with E-state index in [1.165, 1.54) is 5.56 Å². The lowest BCUT2D eigenvalue weighted by Gasteiger charge is -2.06. The highest BCUT2D eigenvalue weighted by Crippen LogP contribution is 2.11. The minimum absolute atomic E-state index is 0.0874. The van der Waals surface area contributed by atoms with Crippen molar-refractivity contribution in [1.82, 2.24) is 5.32 Å². The van der Waals surface area contributed by atoms with Gasteiger partial charge in [0.1, 0.15) is 0 Å². The summed E-state index contributed by atoms with van der Waals surface area (Å²) < 4.78 is 4.86. The average Bonchev–Trinajstić information content (AvgIpc) is 2.53. The Balaban J connectivity index is 1.98. The molecular weight excluding hydrogens is 314 g/mol. The second-order valence-corrected chi connectivity index (χ2v) is 5.88. The van der Waals surface area contributed by atoms with E-state index in [2.05, 4.69) is 5.32 Å². The van der Waals surface area contributed by atoms with Gasteiger partial charge in [-0.25, -0.2) is 0 Å². The van der Waals surface area contributed by atoms with E-state index >= 15 is 0 Å². The van der Waals surface area contributed by atoms with Crippen molar-refractivity contribution >= 4 is 23.5 Å². The van der Waals surface area contributed by atoms with Gasteiger partial charge >= 0.3 is 5.97 Å². The summed E-state index contributed by atoms with van der Waals surface area (Å²) in [5.74, 6) is -0.0527. The molecular formula is C18H26ClNO3. The molecule has 1 aromatic rings. The molecule has 0 radical (unpaired) electrons. The zero-order valence-electron chi connectivity index (χ0n) is 13.8. The fraction of sp³-hybridized carbons (Fsp3) is 0.556. The number of carbonyl (C=O) groups excluding carboxylic acids is 2. The van der Waals surface area contributed by atoms with Gasteiger partial charge < -0.3 is 10.1 Å². The highest BCUT2D eigenvalue weighted by molar-refractivity contribution is 6.30. The molecule has 0 aliphatic carbocycles. The van der Waals surface area contributed by atoms with Crippen molar-refractivity contribution < 1.29 is 14.3 Å². The maximum atomic E-state index is 11.7. The molecule has 0 saturated heterocycles. The highest BCUT2D eigenvalue weighted by Gasteiger charge is 2.03. The Morgan fingerprint density at radius 2 is 1.78 bits per heavy atom. The van der Waals surface area contributed by atoms with Crippen molar-refractivity contribution in [3.05, 3.63) is 34.9 Å². The Hall–Kier alpha value is -1.55. The van der Waals surface area contributed by atoms with Gasteiger partial charge in [0.2, 0.25) is 5.91 Å². The quantitative estimate of drug-likeness (QED) is 0.491. The van der Waals surface area contributed by atoms with Crippen LogP contribution in [0.15, 0.2) is 24.3 Å². The molecule has 0 fully saturated rings. The zero-order valence-corrected chi connectivity index (χ0v) is 14.5. The van der Waals surface area contributed by atoms with E-state index in [1.807, 2.05) is 24.3 Å². The van der Waals surface area contributed by atoms with E-state index in [-0.39, 0.29) is 11.9 Å². The van der Waals surface area contributed by atoms with Crippen LogP contribution in [0.1, 0.15) is 51.0 Å². The van der Waals surface area contributed by atoms with Gasteiger partial charge in [-0.3, -0.25) is 9.59 Å². The molecule has 0 saturated carbocycles. The van der Waals surface area contributed by atoms with Gasteiger partial charge in [0.15, 0.2) is 0 Å². The van der Waals surface area contributed by atoms with Crippen LogP contribution in [0.25, 0.3) is 0 Å². The van der Waals surface area contributed by atoms with Gasteiger partial charge in [0, 0.05) is 24.4 Å². The summed E-state index contributed by atoms with van der Waals surface area (Å²) in [5, 5.41) is 3.65. The van der Waals surface area contributed by atoms with Gasteiger partial charge in [0.25, 0.3) is 0 Å². The number of hydrogen-bond acceptors (Lipinski definition) is 3. The number of unbranched alkanes of at least 4 members (excludes halogenated alkanes) is 2. The van der Waals surface area contributed by atoms with Gasteiger partial charge in [0.05, 0.1) is 6.61 Å². The van der Waals surface area contributed by atoms with Crippen LogP contribution in [0.3, 0.4) is 0 Å². The van der Waals surface area contributed by atoms with Crippen LogP contribution in [0.5, 0.6) is 0 Å². The lowest BCUT2D eigenvalue weighted by Crippen LogP contribution is -2.24. The van der Waals surface area contributed by atoms with Crippen LogP contribution < -0.4 is 5.32 Å². The molecule has 0 atom stereocenters. The van der Waals surface area contributed by atoms with Crippen LogP contribution in [0, 0.1) is 0 Å². The Labute approximate surface area is 143 Å². The summed E-state index contributed by atoms with van der Waals surface area (Å²) in [4.78, 5) is 22.8. The smallest absolute Gasteiger partial charge is 0.305 e. The summed E-state index contributed by atoms with van der Waals surface area (Å²) in [6, 6.07) is 7.72. The first-order chi connectivity index (χ1) is 11.1. The Morgan fingerprint density at radius 1 is 1.04 bits per heavy atom. The fourth-order valence-electron chi connectivity index (χ4n) is 2.22. The predicted molar refractivity (Wildman–Crippen MR) is 92.5 cm³/mol. The van der Waals surface area contributed by atoms with E-state index in [9.17, 15) is 9.59 Å². The molecule has 0 spiro atoms. The summed E-state index contributed by atoms with van der Waals surface area (Å²) in [6.07, 6.45) is 5.33. The lowest BCUT2D eigenvalue weighted by atomic mass is 10.1. The normalized spacial score (nSPS) is 10.3. The van der Waals surface area contributed by atoms with E-state index in [4.69, 9.17) is 16.3 Å². The third-order valence-corrected chi connectivity index (χ3v) is 3.72. The minimum Gasteiger partial charge on any atom is -0.466 e. The first-order valence-electron chi connectivity index (χ1n) is 8.28. The van der Waals surface area contributed by atoms with Crippen molar-refractivity contribution in [2.24, 2.45) is 0 Å². The molecule has 0 aromatic heterocycles. The molecule has 128 valence electrons. The number of hydrogen-bond donors (Lipinski definition) is 1. The zero-order chi connectivity index (χ0) is 16.9. The van der Waals surface area contributed by atoms with Crippen LogP contribution in [-0.2, 0) is 20.7 Å². The number of carbonyl (C=O) groups is 2. The molecule has 0 aliphatic rings. The number of esters is 1. The Bertz CT molecular complexity index is 474. The maximum absolute atomic E-state index is 11.7. The molecule has 0 aliphatic heterocycles. The van der Waals surface area contributed by atoms with Crippen LogP contribution >= 0.6 is 11.6 Å². The molecule has 5 heteroatoms. The Morgan fingerprint density at radius 3 is 2.48 bits per heavy atom. The number of nitrogens with one attached hydrogen (secondary N) is 1. The molecule has 0 bridgehead atoms. The number of ether oxygens (including phenoxy) is 1. The van der Waals surface area contributed by atoms with Gasteiger partial charge in [-0.05, 0) is 50.3 Å². The monoisotopic (exact) mass is 339 g/mol. The minimum atomic E-state index is -0.140. The standard InChI is InChI=1S/C18H26ClNO3/c1-2-23-18(22)9-4-3-5-14-20-17(21)8-6-7-15-10-12-16(19)13-11-15/h10-13H,2-9,14H2,1H3,(H,20,21). The number of benzene rings is 1. The van der Waals surface area contributed by atoms with Crippen LogP contribution in [0.2, 0.25) is 5.02 Å². The predicted octanol–water partition coefficient (Wildman–Crippen LogP) is 3.90. The maximum Gasteiger partial charge on any atom is 0.305 e. The van der Waals surface area contributed by atoms with Crippen molar-refractivity contribution in [3.8, 4) is 0 Å². The van der Waals surface area contributed by atoms with E-state index < -0.39 is 0 Å². The van der Waals surface area contributed by atoms with Gasteiger partial charge in [-0.1, -0.05) is 30.2 Å².